The summed E-state index contributed by atoms with van der Waals surface area (Å²) < 4.78 is 28.1. The van der Waals surface area contributed by atoms with E-state index >= 15 is 0 Å². The molecule has 0 bridgehead atoms. The molecule has 0 amide bonds. The zero-order valence-electron chi connectivity index (χ0n) is 9.66. The van der Waals surface area contributed by atoms with E-state index in [1.807, 2.05) is 12.1 Å². The van der Waals surface area contributed by atoms with E-state index in [-0.39, 0.29) is 5.75 Å². The molecule has 0 aromatic heterocycles. The Kier molecular flexibility index (Phi) is 4.31. The largest absolute Gasteiger partial charge is 0.435 e. The van der Waals surface area contributed by atoms with E-state index in [1.165, 1.54) is 19.3 Å². The number of ether oxygens (including phenoxy) is 1. The van der Waals surface area contributed by atoms with Crippen LogP contribution in [0.1, 0.15) is 24.8 Å². The van der Waals surface area contributed by atoms with E-state index in [0.717, 1.165) is 24.6 Å². The zero-order valence-corrected chi connectivity index (χ0v) is 9.66. The highest BCUT2D eigenvalue weighted by molar-refractivity contribution is 5.27. The van der Waals surface area contributed by atoms with Gasteiger partial charge in [-0.05, 0) is 43.0 Å². The van der Waals surface area contributed by atoms with E-state index in [1.54, 1.807) is 12.1 Å². The van der Waals surface area contributed by atoms with Crippen LogP contribution in [0.2, 0.25) is 0 Å². The average molecular weight is 241 g/mol. The summed E-state index contributed by atoms with van der Waals surface area (Å²) in [6, 6.07) is 6.77. The van der Waals surface area contributed by atoms with Gasteiger partial charge in [0.25, 0.3) is 0 Å². The molecule has 0 heterocycles. The maximum absolute atomic E-state index is 11.9. The molecule has 1 N–H and O–H groups in total. The lowest BCUT2D eigenvalue weighted by Gasteiger charge is -2.25. The Bertz CT molecular complexity index is 336. The Hall–Kier alpha value is -1.16. The molecule has 2 nitrogen and oxygen atoms in total. The molecule has 0 aliphatic heterocycles. The van der Waals surface area contributed by atoms with Crippen molar-refractivity contribution in [3.8, 4) is 5.75 Å². The Morgan fingerprint density at radius 2 is 1.94 bits per heavy atom. The highest BCUT2D eigenvalue weighted by atomic mass is 19.3. The minimum absolute atomic E-state index is 0.211. The molecular formula is C13H17F2NO. The molecule has 4 heteroatoms. The predicted octanol–water partition coefficient (Wildman–Crippen LogP) is 3.18. The van der Waals surface area contributed by atoms with Crippen molar-refractivity contribution in [3.63, 3.8) is 0 Å². The van der Waals surface area contributed by atoms with Crippen molar-refractivity contribution in [2.24, 2.45) is 5.92 Å². The topological polar surface area (TPSA) is 21.3 Å². The molecule has 1 fully saturated rings. The third kappa shape index (κ3) is 3.97. The van der Waals surface area contributed by atoms with Crippen molar-refractivity contribution in [2.45, 2.75) is 32.4 Å². The first kappa shape index (κ1) is 12.3. The molecule has 1 aliphatic rings. The standard InChI is InChI=1S/C13H17F2NO/c14-13(15)17-12-6-4-11(5-7-12)9-16-8-10-2-1-3-10/h4-7,10,13,16H,1-3,8-9H2. The third-order valence-corrected chi connectivity index (χ3v) is 3.14. The van der Waals surface area contributed by atoms with Gasteiger partial charge in [-0.2, -0.15) is 8.78 Å². The number of hydrogen-bond donors (Lipinski definition) is 1. The van der Waals surface area contributed by atoms with Crippen LogP contribution in [0.4, 0.5) is 8.78 Å². The van der Waals surface area contributed by atoms with E-state index in [9.17, 15) is 8.78 Å². The van der Waals surface area contributed by atoms with Crippen LogP contribution in [-0.2, 0) is 6.54 Å². The van der Waals surface area contributed by atoms with Gasteiger partial charge >= 0.3 is 6.61 Å². The molecule has 0 radical (unpaired) electrons. The van der Waals surface area contributed by atoms with Gasteiger partial charge in [0.05, 0.1) is 0 Å². The average Bonchev–Trinajstić information content (AvgIpc) is 2.23. The zero-order chi connectivity index (χ0) is 12.1. The van der Waals surface area contributed by atoms with Crippen LogP contribution >= 0.6 is 0 Å². The lowest BCUT2D eigenvalue weighted by molar-refractivity contribution is -0.0498. The van der Waals surface area contributed by atoms with E-state index in [2.05, 4.69) is 10.1 Å². The van der Waals surface area contributed by atoms with Crippen LogP contribution in [0.5, 0.6) is 5.75 Å². The normalized spacial score (nSPS) is 15.9. The summed E-state index contributed by atoms with van der Waals surface area (Å²) >= 11 is 0. The molecule has 0 unspecified atom stereocenters. The van der Waals surface area contributed by atoms with Gasteiger partial charge in [0.2, 0.25) is 0 Å². The van der Waals surface area contributed by atoms with Crippen LogP contribution in [0.15, 0.2) is 24.3 Å². The van der Waals surface area contributed by atoms with Gasteiger partial charge in [0, 0.05) is 6.54 Å². The fourth-order valence-corrected chi connectivity index (χ4v) is 1.91. The lowest BCUT2D eigenvalue weighted by atomic mass is 9.85. The first-order valence-electron chi connectivity index (χ1n) is 5.98. The highest BCUT2D eigenvalue weighted by Gasteiger charge is 2.16. The quantitative estimate of drug-likeness (QED) is 0.826. The van der Waals surface area contributed by atoms with E-state index in [0.29, 0.717) is 0 Å². The Balaban J connectivity index is 1.72. The molecule has 0 saturated heterocycles. The van der Waals surface area contributed by atoms with Crippen molar-refractivity contribution in [1.82, 2.24) is 5.32 Å². The molecule has 0 atom stereocenters. The molecule has 17 heavy (non-hydrogen) atoms. The summed E-state index contributed by atoms with van der Waals surface area (Å²) in [6.45, 7) is -0.918. The van der Waals surface area contributed by atoms with Crippen LogP contribution in [-0.4, -0.2) is 13.2 Å². The summed E-state index contributed by atoms with van der Waals surface area (Å²) in [7, 11) is 0. The van der Waals surface area contributed by atoms with Crippen LogP contribution < -0.4 is 10.1 Å². The minimum Gasteiger partial charge on any atom is -0.435 e. The fraction of sp³-hybridized carbons (Fsp3) is 0.538. The maximum Gasteiger partial charge on any atom is 0.387 e. The number of benzene rings is 1. The summed E-state index contributed by atoms with van der Waals surface area (Å²) in [5.74, 6) is 1.04. The molecule has 1 saturated carbocycles. The van der Waals surface area contributed by atoms with Crippen LogP contribution in [0, 0.1) is 5.92 Å². The number of alkyl halides is 2. The first-order valence-corrected chi connectivity index (χ1v) is 5.98. The second-order valence-electron chi connectivity index (χ2n) is 4.45. The monoisotopic (exact) mass is 241 g/mol. The van der Waals surface area contributed by atoms with Crippen LogP contribution in [0.3, 0.4) is 0 Å². The summed E-state index contributed by atoms with van der Waals surface area (Å²) in [6.07, 6.45) is 4.01. The molecule has 1 aromatic rings. The van der Waals surface area contributed by atoms with Gasteiger partial charge in [-0.25, -0.2) is 0 Å². The van der Waals surface area contributed by atoms with Gasteiger partial charge in [0.15, 0.2) is 0 Å². The second kappa shape index (κ2) is 5.96. The van der Waals surface area contributed by atoms with Gasteiger partial charge in [0.1, 0.15) is 5.75 Å². The Morgan fingerprint density at radius 1 is 1.24 bits per heavy atom. The van der Waals surface area contributed by atoms with Crippen LogP contribution in [0.25, 0.3) is 0 Å². The van der Waals surface area contributed by atoms with Crippen molar-refractivity contribution >= 4 is 0 Å². The molecule has 1 aromatic carbocycles. The predicted molar refractivity (Wildman–Crippen MR) is 62.1 cm³/mol. The lowest BCUT2D eigenvalue weighted by Crippen LogP contribution is -2.26. The Labute approximate surface area is 100.0 Å². The summed E-state index contributed by atoms with van der Waals surface area (Å²) in [4.78, 5) is 0. The summed E-state index contributed by atoms with van der Waals surface area (Å²) in [5.41, 5.74) is 1.09. The summed E-state index contributed by atoms with van der Waals surface area (Å²) in [5, 5.41) is 3.37. The van der Waals surface area contributed by atoms with Gasteiger partial charge < -0.3 is 10.1 Å². The van der Waals surface area contributed by atoms with Crippen molar-refractivity contribution < 1.29 is 13.5 Å². The SMILES string of the molecule is FC(F)Oc1ccc(CNCC2CCC2)cc1. The van der Waals surface area contributed by atoms with E-state index < -0.39 is 6.61 Å². The fourth-order valence-electron chi connectivity index (χ4n) is 1.91. The maximum atomic E-state index is 11.9. The minimum atomic E-state index is -2.75. The van der Waals surface area contributed by atoms with Crippen molar-refractivity contribution in [1.29, 1.82) is 0 Å². The molecule has 2 rings (SSSR count). The van der Waals surface area contributed by atoms with E-state index in [4.69, 9.17) is 0 Å². The second-order valence-corrected chi connectivity index (χ2v) is 4.45. The number of halogens is 2. The van der Waals surface area contributed by atoms with Gasteiger partial charge in [-0.3, -0.25) is 0 Å². The Morgan fingerprint density at radius 3 is 2.47 bits per heavy atom. The molecule has 1 aliphatic carbocycles. The first-order chi connectivity index (χ1) is 8.24. The number of nitrogens with one attached hydrogen (secondary N) is 1. The van der Waals surface area contributed by atoms with Crippen molar-refractivity contribution in [2.75, 3.05) is 6.54 Å². The molecule has 94 valence electrons. The number of rotatable bonds is 6. The highest BCUT2D eigenvalue weighted by Crippen LogP contribution is 2.25. The van der Waals surface area contributed by atoms with Gasteiger partial charge in [-0.15, -0.1) is 0 Å². The van der Waals surface area contributed by atoms with Gasteiger partial charge in [-0.1, -0.05) is 18.6 Å². The molecular weight excluding hydrogens is 224 g/mol. The third-order valence-electron chi connectivity index (χ3n) is 3.14. The smallest absolute Gasteiger partial charge is 0.387 e. The molecule has 0 spiro atoms. The van der Waals surface area contributed by atoms with Crippen molar-refractivity contribution in [3.05, 3.63) is 29.8 Å². The number of hydrogen-bond acceptors (Lipinski definition) is 2.